The summed E-state index contributed by atoms with van der Waals surface area (Å²) in [4.78, 5) is 28.0. The highest BCUT2D eigenvalue weighted by atomic mass is 16.7. The fraction of sp³-hybridized carbons (Fsp3) is 0.846. The molecule has 0 heterocycles. The molecule has 0 spiro atoms. The van der Waals surface area contributed by atoms with Crippen LogP contribution in [0.2, 0.25) is 0 Å². The molecule has 0 bridgehead atoms. The Labute approximate surface area is 110 Å². The normalized spacial score (nSPS) is 12.1. The first-order chi connectivity index (χ1) is 8.02. The third-order valence-corrected chi connectivity index (χ3v) is 2.02. The minimum Gasteiger partial charge on any atom is -0.356 e. The lowest BCUT2D eigenvalue weighted by Gasteiger charge is -2.19. The first-order valence-corrected chi connectivity index (χ1v) is 6.27. The van der Waals surface area contributed by atoms with E-state index in [-0.39, 0.29) is 11.8 Å². The third kappa shape index (κ3) is 8.98. The van der Waals surface area contributed by atoms with Crippen LogP contribution in [0.3, 0.4) is 0 Å². The molecule has 5 nitrogen and oxygen atoms in total. The second-order valence-corrected chi connectivity index (χ2v) is 6.35. The number of rotatable bonds is 5. The van der Waals surface area contributed by atoms with E-state index in [1.807, 2.05) is 41.5 Å². The Morgan fingerprint density at radius 2 is 1.61 bits per heavy atom. The van der Waals surface area contributed by atoms with Crippen LogP contribution in [0.5, 0.6) is 0 Å². The Kier molecular flexibility index (Phi) is 6.32. The third-order valence-electron chi connectivity index (χ3n) is 2.02. The van der Waals surface area contributed by atoms with E-state index in [0.29, 0.717) is 19.4 Å². The SMILES string of the molecule is CC(C)(C)ONC(=O)CCCNC(=O)C(C)(C)C. The van der Waals surface area contributed by atoms with Gasteiger partial charge in [0.05, 0.1) is 5.60 Å². The van der Waals surface area contributed by atoms with Gasteiger partial charge in [0.2, 0.25) is 11.8 Å². The predicted octanol–water partition coefficient (Wildman–Crippen LogP) is 1.78. The van der Waals surface area contributed by atoms with Crippen molar-refractivity contribution in [3.8, 4) is 0 Å². The molecule has 0 aromatic heterocycles. The van der Waals surface area contributed by atoms with Crippen LogP contribution >= 0.6 is 0 Å². The number of carbonyl (C=O) groups excluding carboxylic acids is 2. The maximum absolute atomic E-state index is 11.5. The Morgan fingerprint density at radius 1 is 1.06 bits per heavy atom. The largest absolute Gasteiger partial charge is 0.356 e. The highest BCUT2D eigenvalue weighted by Crippen LogP contribution is 2.12. The van der Waals surface area contributed by atoms with E-state index in [4.69, 9.17) is 4.84 Å². The van der Waals surface area contributed by atoms with Crippen molar-refractivity contribution in [3.05, 3.63) is 0 Å². The summed E-state index contributed by atoms with van der Waals surface area (Å²) in [5.41, 5.74) is 1.61. The molecular weight excluding hydrogens is 232 g/mol. The molecule has 0 atom stereocenters. The Balaban J connectivity index is 3.68. The summed E-state index contributed by atoms with van der Waals surface area (Å²) in [5.74, 6) is -0.177. The summed E-state index contributed by atoms with van der Waals surface area (Å²) < 4.78 is 0. The van der Waals surface area contributed by atoms with E-state index in [2.05, 4.69) is 10.8 Å². The van der Waals surface area contributed by atoms with E-state index in [1.165, 1.54) is 0 Å². The average molecular weight is 258 g/mol. The van der Waals surface area contributed by atoms with Crippen molar-refractivity contribution in [1.82, 2.24) is 10.8 Å². The quantitative estimate of drug-likeness (QED) is 0.583. The zero-order chi connectivity index (χ0) is 14.4. The zero-order valence-corrected chi connectivity index (χ0v) is 12.3. The lowest BCUT2D eigenvalue weighted by Crippen LogP contribution is -2.36. The molecule has 2 amide bonds. The van der Waals surface area contributed by atoms with Crippen LogP contribution in [0.15, 0.2) is 0 Å². The van der Waals surface area contributed by atoms with Gasteiger partial charge in [-0.1, -0.05) is 20.8 Å². The fourth-order valence-electron chi connectivity index (χ4n) is 0.977. The van der Waals surface area contributed by atoms with Gasteiger partial charge in [0.25, 0.3) is 0 Å². The van der Waals surface area contributed by atoms with Crippen molar-refractivity contribution >= 4 is 11.8 Å². The maximum Gasteiger partial charge on any atom is 0.243 e. The Hall–Kier alpha value is -1.10. The summed E-state index contributed by atoms with van der Waals surface area (Å²) in [5, 5.41) is 2.79. The molecule has 0 saturated heterocycles. The van der Waals surface area contributed by atoms with Crippen LogP contribution in [0.4, 0.5) is 0 Å². The Morgan fingerprint density at radius 3 is 2.06 bits per heavy atom. The zero-order valence-electron chi connectivity index (χ0n) is 12.3. The number of carbonyl (C=O) groups is 2. The molecule has 0 fully saturated rings. The van der Waals surface area contributed by atoms with Gasteiger partial charge in [-0.2, -0.15) is 0 Å². The van der Waals surface area contributed by atoms with Gasteiger partial charge >= 0.3 is 0 Å². The van der Waals surface area contributed by atoms with Gasteiger partial charge < -0.3 is 5.32 Å². The first kappa shape index (κ1) is 16.9. The van der Waals surface area contributed by atoms with Gasteiger partial charge in [-0.3, -0.25) is 14.4 Å². The molecule has 0 aromatic carbocycles. The van der Waals surface area contributed by atoms with Gasteiger partial charge in [0, 0.05) is 18.4 Å². The lowest BCUT2D eigenvalue weighted by atomic mass is 9.96. The highest BCUT2D eigenvalue weighted by Gasteiger charge is 2.20. The second kappa shape index (κ2) is 6.73. The molecule has 0 aliphatic heterocycles. The maximum atomic E-state index is 11.5. The smallest absolute Gasteiger partial charge is 0.243 e. The van der Waals surface area contributed by atoms with Crippen LogP contribution in [-0.4, -0.2) is 24.0 Å². The first-order valence-electron chi connectivity index (χ1n) is 6.27. The molecule has 18 heavy (non-hydrogen) atoms. The molecule has 0 unspecified atom stereocenters. The number of hydrogen-bond donors (Lipinski definition) is 2. The summed E-state index contributed by atoms with van der Waals surface area (Å²) in [6, 6.07) is 0. The molecular formula is C13H26N2O3. The summed E-state index contributed by atoms with van der Waals surface area (Å²) in [6.07, 6.45) is 0.932. The number of hydrogen-bond acceptors (Lipinski definition) is 3. The molecule has 2 N–H and O–H groups in total. The van der Waals surface area contributed by atoms with E-state index >= 15 is 0 Å². The summed E-state index contributed by atoms with van der Waals surface area (Å²) in [7, 11) is 0. The van der Waals surface area contributed by atoms with E-state index < -0.39 is 11.0 Å². The standard InChI is InChI=1S/C13H26N2O3/c1-12(2,3)11(17)14-9-7-8-10(16)15-18-13(4,5)6/h7-9H2,1-6H3,(H,14,17)(H,15,16). The topological polar surface area (TPSA) is 67.4 Å². The minimum atomic E-state index is -0.393. The van der Waals surface area contributed by atoms with Crippen molar-refractivity contribution in [2.75, 3.05) is 6.54 Å². The van der Waals surface area contributed by atoms with Crippen LogP contribution in [0.1, 0.15) is 54.4 Å². The van der Waals surface area contributed by atoms with Crippen LogP contribution in [-0.2, 0) is 14.4 Å². The van der Waals surface area contributed by atoms with Crippen LogP contribution in [0.25, 0.3) is 0 Å². The molecule has 0 aliphatic rings. The monoisotopic (exact) mass is 258 g/mol. The van der Waals surface area contributed by atoms with Crippen LogP contribution in [0, 0.1) is 5.41 Å². The molecule has 0 aliphatic carbocycles. The molecule has 0 saturated carbocycles. The van der Waals surface area contributed by atoms with Crippen molar-refractivity contribution in [3.63, 3.8) is 0 Å². The van der Waals surface area contributed by atoms with Crippen LogP contribution < -0.4 is 10.8 Å². The van der Waals surface area contributed by atoms with Gasteiger partial charge in [0.15, 0.2) is 0 Å². The molecule has 5 heteroatoms. The van der Waals surface area contributed by atoms with Crippen molar-refractivity contribution in [2.24, 2.45) is 5.41 Å². The van der Waals surface area contributed by atoms with Gasteiger partial charge in [-0.15, -0.1) is 0 Å². The molecule has 0 aromatic rings. The van der Waals surface area contributed by atoms with Crippen molar-refractivity contribution in [1.29, 1.82) is 0 Å². The van der Waals surface area contributed by atoms with Crippen molar-refractivity contribution < 1.29 is 14.4 Å². The van der Waals surface area contributed by atoms with E-state index in [0.717, 1.165) is 0 Å². The fourth-order valence-corrected chi connectivity index (χ4v) is 0.977. The summed E-state index contributed by atoms with van der Waals surface area (Å²) in [6.45, 7) is 11.6. The Bertz CT molecular complexity index is 288. The van der Waals surface area contributed by atoms with E-state index in [9.17, 15) is 9.59 Å². The highest BCUT2D eigenvalue weighted by molar-refractivity contribution is 5.81. The average Bonchev–Trinajstić information content (AvgIpc) is 2.18. The molecule has 106 valence electrons. The number of nitrogens with one attached hydrogen (secondary N) is 2. The molecule has 0 rings (SSSR count). The van der Waals surface area contributed by atoms with Crippen molar-refractivity contribution in [2.45, 2.75) is 60.0 Å². The predicted molar refractivity (Wildman–Crippen MR) is 70.7 cm³/mol. The number of amides is 2. The van der Waals surface area contributed by atoms with E-state index in [1.54, 1.807) is 0 Å². The number of hydroxylamine groups is 1. The summed E-state index contributed by atoms with van der Waals surface area (Å²) >= 11 is 0. The lowest BCUT2D eigenvalue weighted by molar-refractivity contribution is -0.145. The second-order valence-electron chi connectivity index (χ2n) is 6.35. The minimum absolute atomic E-state index is 0.00569. The molecule has 0 radical (unpaired) electrons. The van der Waals surface area contributed by atoms with Gasteiger partial charge in [0.1, 0.15) is 0 Å². The van der Waals surface area contributed by atoms with Gasteiger partial charge in [-0.25, -0.2) is 5.48 Å². The van der Waals surface area contributed by atoms with Gasteiger partial charge in [-0.05, 0) is 27.2 Å².